The standard InChI is InChI=1S/C11H21NO2/c1-2-10-11(14-9-6-12-10)4-3-7-13-8-5-11/h10,12H,2-9H2,1H3. The van der Waals surface area contributed by atoms with Gasteiger partial charge in [-0.05, 0) is 19.3 Å². The Morgan fingerprint density at radius 2 is 2.21 bits per heavy atom. The van der Waals surface area contributed by atoms with Gasteiger partial charge in [0, 0.05) is 32.2 Å². The van der Waals surface area contributed by atoms with Crippen molar-refractivity contribution in [2.45, 2.75) is 44.2 Å². The minimum atomic E-state index is 0.0729. The minimum absolute atomic E-state index is 0.0729. The maximum Gasteiger partial charge on any atom is 0.0858 e. The first-order chi connectivity index (χ1) is 6.87. The van der Waals surface area contributed by atoms with Gasteiger partial charge >= 0.3 is 0 Å². The van der Waals surface area contributed by atoms with Crippen LogP contribution in [-0.4, -0.2) is 38.0 Å². The van der Waals surface area contributed by atoms with Gasteiger partial charge in [0.2, 0.25) is 0 Å². The first kappa shape index (κ1) is 10.4. The van der Waals surface area contributed by atoms with E-state index in [0.29, 0.717) is 6.04 Å². The maximum atomic E-state index is 6.05. The number of hydrogen-bond acceptors (Lipinski definition) is 3. The third-order valence-electron chi connectivity index (χ3n) is 3.48. The first-order valence-corrected chi connectivity index (χ1v) is 5.82. The quantitative estimate of drug-likeness (QED) is 0.691. The highest BCUT2D eigenvalue weighted by molar-refractivity contribution is 4.96. The van der Waals surface area contributed by atoms with Crippen LogP contribution < -0.4 is 5.32 Å². The molecule has 14 heavy (non-hydrogen) atoms. The lowest BCUT2D eigenvalue weighted by Crippen LogP contribution is -2.57. The second kappa shape index (κ2) is 4.60. The number of hydrogen-bond donors (Lipinski definition) is 1. The molecule has 2 saturated heterocycles. The topological polar surface area (TPSA) is 30.5 Å². The molecule has 2 aliphatic heterocycles. The fraction of sp³-hybridized carbons (Fsp3) is 1.00. The molecule has 0 aromatic carbocycles. The fourth-order valence-corrected chi connectivity index (χ4v) is 2.73. The van der Waals surface area contributed by atoms with E-state index in [1.165, 1.54) is 0 Å². The lowest BCUT2D eigenvalue weighted by molar-refractivity contribution is -0.108. The van der Waals surface area contributed by atoms with Crippen molar-refractivity contribution in [2.75, 3.05) is 26.4 Å². The Bertz CT molecular complexity index is 176. The zero-order valence-electron chi connectivity index (χ0n) is 9.05. The molecule has 82 valence electrons. The van der Waals surface area contributed by atoms with Crippen LogP contribution in [0.3, 0.4) is 0 Å². The van der Waals surface area contributed by atoms with Gasteiger partial charge in [0.1, 0.15) is 0 Å². The van der Waals surface area contributed by atoms with Crippen LogP contribution in [0.1, 0.15) is 32.6 Å². The van der Waals surface area contributed by atoms with E-state index in [9.17, 15) is 0 Å². The average Bonchev–Trinajstić information content (AvgIpc) is 2.45. The van der Waals surface area contributed by atoms with E-state index >= 15 is 0 Å². The molecule has 3 heteroatoms. The molecule has 2 unspecified atom stereocenters. The summed E-state index contributed by atoms with van der Waals surface area (Å²) in [5.74, 6) is 0. The van der Waals surface area contributed by atoms with Crippen molar-refractivity contribution < 1.29 is 9.47 Å². The molecule has 0 saturated carbocycles. The molecule has 2 aliphatic rings. The molecule has 2 fully saturated rings. The SMILES string of the molecule is CCC1NCCOC12CCCOCC2. The van der Waals surface area contributed by atoms with Gasteiger partial charge in [-0.1, -0.05) is 6.92 Å². The summed E-state index contributed by atoms with van der Waals surface area (Å²) in [6, 6.07) is 0.526. The lowest BCUT2D eigenvalue weighted by atomic mass is 9.84. The molecule has 0 aromatic rings. The van der Waals surface area contributed by atoms with E-state index in [-0.39, 0.29) is 5.60 Å². The summed E-state index contributed by atoms with van der Waals surface area (Å²) in [5, 5.41) is 3.58. The Kier molecular flexibility index (Phi) is 3.42. The summed E-state index contributed by atoms with van der Waals surface area (Å²) in [4.78, 5) is 0. The smallest absolute Gasteiger partial charge is 0.0858 e. The van der Waals surface area contributed by atoms with Crippen molar-refractivity contribution in [3.63, 3.8) is 0 Å². The lowest BCUT2D eigenvalue weighted by Gasteiger charge is -2.43. The van der Waals surface area contributed by atoms with Crippen molar-refractivity contribution in [3.05, 3.63) is 0 Å². The predicted molar refractivity (Wildman–Crippen MR) is 55.4 cm³/mol. The van der Waals surface area contributed by atoms with Crippen molar-refractivity contribution in [1.82, 2.24) is 5.32 Å². The molecule has 1 N–H and O–H groups in total. The van der Waals surface area contributed by atoms with Crippen LogP contribution >= 0.6 is 0 Å². The summed E-state index contributed by atoms with van der Waals surface area (Å²) in [6.07, 6.45) is 4.50. The third kappa shape index (κ3) is 1.95. The molecule has 0 bridgehead atoms. The summed E-state index contributed by atoms with van der Waals surface area (Å²) >= 11 is 0. The zero-order chi connectivity index (χ0) is 9.86. The Morgan fingerprint density at radius 3 is 3.07 bits per heavy atom. The van der Waals surface area contributed by atoms with Gasteiger partial charge in [-0.3, -0.25) is 0 Å². The van der Waals surface area contributed by atoms with Crippen molar-refractivity contribution in [1.29, 1.82) is 0 Å². The molecule has 2 rings (SSSR count). The third-order valence-corrected chi connectivity index (χ3v) is 3.48. The molecule has 1 spiro atoms. The molecular weight excluding hydrogens is 178 g/mol. The minimum Gasteiger partial charge on any atom is -0.381 e. The van der Waals surface area contributed by atoms with Crippen LogP contribution in [0.4, 0.5) is 0 Å². The van der Waals surface area contributed by atoms with Gasteiger partial charge in [-0.2, -0.15) is 0 Å². The number of nitrogens with one attached hydrogen (secondary N) is 1. The zero-order valence-corrected chi connectivity index (χ0v) is 9.05. The van der Waals surface area contributed by atoms with E-state index in [1.807, 2.05) is 0 Å². The molecule has 2 atom stereocenters. The van der Waals surface area contributed by atoms with Gasteiger partial charge < -0.3 is 14.8 Å². The fourth-order valence-electron chi connectivity index (χ4n) is 2.73. The van der Waals surface area contributed by atoms with E-state index in [2.05, 4.69) is 12.2 Å². The second-order valence-corrected chi connectivity index (χ2v) is 4.29. The van der Waals surface area contributed by atoms with Crippen LogP contribution in [0.5, 0.6) is 0 Å². The molecule has 0 aliphatic carbocycles. The van der Waals surface area contributed by atoms with Crippen molar-refractivity contribution >= 4 is 0 Å². The van der Waals surface area contributed by atoms with Gasteiger partial charge in [-0.15, -0.1) is 0 Å². The number of rotatable bonds is 1. The number of morpholine rings is 1. The van der Waals surface area contributed by atoms with Gasteiger partial charge in [0.25, 0.3) is 0 Å². The Labute approximate surface area is 86.2 Å². The average molecular weight is 199 g/mol. The van der Waals surface area contributed by atoms with Crippen LogP contribution in [0, 0.1) is 0 Å². The van der Waals surface area contributed by atoms with Crippen LogP contribution in [-0.2, 0) is 9.47 Å². The summed E-state index contributed by atoms with van der Waals surface area (Å²) in [7, 11) is 0. The molecule has 2 heterocycles. The highest BCUT2D eigenvalue weighted by Gasteiger charge is 2.41. The Morgan fingerprint density at radius 1 is 1.29 bits per heavy atom. The van der Waals surface area contributed by atoms with Crippen molar-refractivity contribution in [2.24, 2.45) is 0 Å². The van der Waals surface area contributed by atoms with E-state index in [0.717, 1.165) is 52.0 Å². The Hall–Kier alpha value is -0.120. The van der Waals surface area contributed by atoms with Crippen LogP contribution in [0.2, 0.25) is 0 Å². The molecule has 0 radical (unpaired) electrons. The summed E-state index contributed by atoms with van der Waals surface area (Å²) in [6.45, 7) is 5.86. The normalized spacial score (nSPS) is 39.6. The maximum absolute atomic E-state index is 6.05. The van der Waals surface area contributed by atoms with Crippen molar-refractivity contribution in [3.8, 4) is 0 Å². The molecule has 3 nitrogen and oxygen atoms in total. The largest absolute Gasteiger partial charge is 0.381 e. The van der Waals surface area contributed by atoms with E-state index in [1.54, 1.807) is 0 Å². The summed E-state index contributed by atoms with van der Waals surface area (Å²) in [5.41, 5.74) is 0.0729. The highest BCUT2D eigenvalue weighted by Crippen LogP contribution is 2.32. The van der Waals surface area contributed by atoms with Crippen LogP contribution in [0.25, 0.3) is 0 Å². The molecular formula is C11H21NO2. The highest BCUT2D eigenvalue weighted by atomic mass is 16.5. The predicted octanol–water partition coefficient (Wildman–Crippen LogP) is 1.32. The first-order valence-electron chi connectivity index (χ1n) is 5.82. The summed E-state index contributed by atoms with van der Waals surface area (Å²) < 4.78 is 11.6. The molecule has 0 aromatic heterocycles. The van der Waals surface area contributed by atoms with Gasteiger partial charge in [0.05, 0.1) is 12.2 Å². The van der Waals surface area contributed by atoms with Gasteiger partial charge in [-0.25, -0.2) is 0 Å². The van der Waals surface area contributed by atoms with Gasteiger partial charge in [0.15, 0.2) is 0 Å². The monoisotopic (exact) mass is 199 g/mol. The van der Waals surface area contributed by atoms with E-state index in [4.69, 9.17) is 9.47 Å². The molecule has 0 amide bonds. The Balaban J connectivity index is 2.07. The van der Waals surface area contributed by atoms with E-state index < -0.39 is 0 Å². The van der Waals surface area contributed by atoms with Crippen LogP contribution in [0.15, 0.2) is 0 Å². The number of ether oxygens (including phenoxy) is 2. The second-order valence-electron chi connectivity index (χ2n) is 4.29.